The van der Waals surface area contributed by atoms with E-state index in [4.69, 9.17) is 9.41 Å². The van der Waals surface area contributed by atoms with E-state index in [9.17, 15) is 0 Å². The molecular weight excluding hydrogens is 695 g/mol. The fourth-order valence-corrected chi connectivity index (χ4v) is 8.54. The molecule has 1 aromatic heterocycles. The van der Waals surface area contributed by atoms with Crippen LogP contribution < -0.4 is 10.6 Å². The first-order valence-corrected chi connectivity index (χ1v) is 19.5. The lowest BCUT2D eigenvalue weighted by molar-refractivity contribution is 0.409. The molecule has 9 aromatic carbocycles. The minimum atomic E-state index is -0.241. The van der Waals surface area contributed by atoms with Gasteiger partial charge in [-0.2, -0.15) is 0 Å². The van der Waals surface area contributed by atoms with E-state index >= 15 is 0 Å². The van der Waals surface area contributed by atoms with Crippen molar-refractivity contribution in [3.8, 4) is 33.4 Å². The molecule has 0 bridgehead atoms. The Morgan fingerprint density at radius 1 is 0.404 bits per heavy atom. The van der Waals surface area contributed by atoms with Crippen LogP contribution in [0.1, 0.15) is 29.0 Å². The van der Waals surface area contributed by atoms with Gasteiger partial charge in [0.2, 0.25) is 0 Å². The molecule has 57 heavy (non-hydrogen) atoms. The maximum absolute atomic E-state index is 7.02. The quantitative estimate of drug-likeness (QED) is 0.179. The Bertz CT molecular complexity index is 3120. The highest BCUT2D eigenvalue weighted by Crippen LogP contribution is 2.44. The van der Waals surface area contributed by atoms with Crippen LogP contribution in [0.2, 0.25) is 0 Å². The molecule has 0 spiro atoms. The Hall–Kier alpha value is -7.27. The fraction of sp³-hybridized carbons (Fsp3) is 0.0377. The normalized spacial score (nSPS) is 15.5. The van der Waals surface area contributed by atoms with Gasteiger partial charge in [-0.05, 0) is 73.3 Å². The molecule has 4 nitrogen and oxygen atoms in total. The van der Waals surface area contributed by atoms with Crippen molar-refractivity contribution in [1.29, 1.82) is 0 Å². The van der Waals surface area contributed by atoms with E-state index < -0.39 is 0 Å². The van der Waals surface area contributed by atoms with Gasteiger partial charge in [-0.1, -0.05) is 182 Å². The van der Waals surface area contributed by atoms with Crippen molar-refractivity contribution in [2.75, 3.05) is 0 Å². The summed E-state index contributed by atoms with van der Waals surface area (Å²) in [5.41, 5.74) is 12.0. The van der Waals surface area contributed by atoms with Crippen LogP contribution in [0, 0.1) is 0 Å². The van der Waals surface area contributed by atoms with E-state index in [1.807, 2.05) is 12.1 Å². The van der Waals surface area contributed by atoms with Gasteiger partial charge in [0.25, 0.3) is 0 Å². The molecule has 0 radical (unpaired) electrons. The van der Waals surface area contributed by atoms with Gasteiger partial charge in [0, 0.05) is 27.3 Å². The number of rotatable bonds is 6. The molecule has 1 aliphatic heterocycles. The second kappa shape index (κ2) is 13.8. The van der Waals surface area contributed by atoms with Crippen LogP contribution in [-0.2, 0) is 0 Å². The number of nitrogens with zero attached hydrogens (tertiary/aromatic N) is 1. The molecule has 0 saturated heterocycles. The van der Waals surface area contributed by atoms with Gasteiger partial charge in [0.15, 0.2) is 0 Å². The highest BCUT2D eigenvalue weighted by molar-refractivity contribution is 6.21. The van der Waals surface area contributed by atoms with Gasteiger partial charge in [0.1, 0.15) is 29.3 Å². The lowest BCUT2D eigenvalue weighted by atomic mass is 9.91. The standard InChI is InChI=1S/C53H37N3O/c1-3-15-37(16-4-1)51-54-52(38-17-5-2-6-18-38)56-53(55-51)39-27-25-36(26-28-39)46-32-31-44(48-47-30-29-35-14-8-10-23-45(35)49(47)57-50(46)48)41-21-11-20-40(33-41)43-24-12-19-34-13-7-9-22-42(34)43/h1-33,51,53,55H,(H,54,56). The van der Waals surface area contributed by atoms with Gasteiger partial charge in [-0.3, -0.25) is 5.32 Å². The number of furan rings is 1. The Morgan fingerprint density at radius 3 is 1.84 bits per heavy atom. The Labute approximate surface area is 330 Å². The number of hydrogen-bond acceptors (Lipinski definition) is 4. The predicted octanol–water partition coefficient (Wildman–Crippen LogP) is 13.2. The summed E-state index contributed by atoms with van der Waals surface area (Å²) in [6.07, 6.45) is -0.338. The summed E-state index contributed by atoms with van der Waals surface area (Å²) < 4.78 is 7.02. The highest BCUT2D eigenvalue weighted by atomic mass is 16.3. The largest absolute Gasteiger partial charge is 0.455 e. The van der Waals surface area contributed by atoms with Crippen LogP contribution in [0.25, 0.3) is 76.9 Å². The molecule has 0 fully saturated rings. The number of nitrogens with one attached hydrogen (secondary N) is 2. The average Bonchev–Trinajstić information content (AvgIpc) is 3.70. The summed E-state index contributed by atoms with van der Waals surface area (Å²) in [5.74, 6) is 0.869. The summed E-state index contributed by atoms with van der Waals surface area (Å²) in [5, 5.41) is 14.4. The Balaban J connectivity index is 1.03. The van der Waals surface area contributed by atoms with Gasteiger partial charge in [-0.25, -0.2) is 4.99 Å². The first kappa shape index (κ1) is 33.1. The Kier molecular flexibility index (Phi) is 8.01. The van der Waals surface area contributed by atoms with E-state index in [2.05, 4.69) is 199 Å². The van der Waals surface area contributed by atoms with Gasteiger partial charge in [-0.15, -0.1) is 0 Å². The number of hydrogen-bond donors (Lipinski definition) is 2. The van der Waals surface area contributed by atoms with E-state index in [1.165, 1.54) is 21.9 Å². The zero-order valence-electron chi connectivity index (χ0n) is 31.1. The van der Waals surface area contributed by atoms with Crippen LogP contribution in [-0.4, -0.2) is 5.84 Å². The van der Waals surface area contributed by atoms with Crippen LogP contribution >= 0.6 is 0 Å². The summed E-state index contributed by atoms with van der Waals surface area (Å²) in [4.78, 5) is 5.17. The predicted molar refractivity (Wildman–Crippen MR) is 236 cm³/mol. The summed E-state index contributed by atoms with van der Waals surface area (Å²) in [7, 11) is 0. The van der Waals surface area contributed by atoms with Crippen LogP contribution in [0.5, 0.6) is 0 Å². The van der Waals surface area contributed by atoms with E-state index in [1.54, 1.807) is 0 Å². The van der Waals surface area contributed by atoms with Crippen molar-refractivity contribution in [2.24, 2.45) is 4.99 Å². The molecule has 0 saturated carbocycles. The lowest BCUT2D eigenvalue weighted by Gasteiger charge is -2.32. The van der Waals surface area contributed by atoms with Crippen molar-refractivity contribution in [2.45, 2.75) is 12.3 Å². The minimum Gasteiger partial charge on any atom is -0.455 e. The Morgan fingerprint density at radius 2 is 1.04 bits per heavy atom. The highest BCUT2D eigenvalue weighted by Gasteiger charge is 2.26. The van der Waals surface area contributed by atoms with E-state index in [0.717, 1.165) is 77.5 Å². The van der Waals surface area contributed by atoms with Gasteiger partial charge < -0.3 is 9.73 Å². The van der Waals surface area contributed by atoms with Crippen LogP contribution in [0.4, 0.5) is 0 Å². The monoisotopic (exact) mass is 731 g/mol. The fourth-order valence-electron chi connectivity index (χ4n) is 8.54. The SMILES string of the molecule is c1ccc(C2=NC(c3ccc(-c4ccc(-c5cccc(-c6cccc7ccccc67)c5)c5c4oc4c6ccccc6ccc45)cc3)NC(c3ccccc3)N2)cc1. The van der Waals surface area contributed by atoms with Crippen molar-refractivity contribution >= 4 is 49.3 Å². The topological polar surface area (TPSA) is 49.6 Å². The summed E-state index contributed by atoms with van der Waals surface area (Å²) >= 11 is 0. The van der Waals surface area contributed by atoms with E-state index in [-0.39, 0.29) is 12.3 Å². The van der Waals surface area contributed by atoms with Crippen LogP contribution in [0.3, 0.4) is 0 Å². The molecule has 1 aliphatic rings. The van der Waals surface area contributed by atoms with Crippen molar-refractivity contribution in [3.63, 3.8) is 0 Å². The molecule has 2 atom stereocenters. The molecule has 4 heteroatoms. The third-order valence-electron chi connectivity index (χ3n) is 11.4. The van der Waals surface area contributed by atoms with Crippen molar-refractivity contribution in [3.05, 3.63) is 217 Å². The van der Waals surface area contributed by atoms with Crippen LogP contribution in [0.15, 0.2) is 210 Å². The molecule has 2 N–H and O–H groups in total. The number of amidine groups is 1. The third-order valence-corrected chi connectivity index (χ3v) is 11.4. The van der Waals surface area contributed by atoms with Gasteiger partial charge in [0.05, 0.1) is 0 Å². The first-order chi connectivity index (χ1) is 28.2. The van der Waals surface area contributed by atoms with Gasteiger partial charge >= 0.3 is 0 Å². The number of aliphatic imine (C=N–C) groups is 1. The molecule has 270 valence electrons. The zero-order valence-corrected chi connectivity index (χ0v) is 31.1. The molecule has 10 aromatic rings. The van der Waals surface area contributed by atoms with Crippen molar-refractivity contribution < 1.29 is 4.42 Å². The maximum atomic E-state index is 7.02. The van der Waals surface area contributed by atoms with Crippen molar-refractivity contribution in [1.82, 2.24) is 10.6 Å². The lowest BCUT2D eigenvalue weighted by Crippen LogP contribution is -2.44. The second-order valence-corrected chi connectivity index (χ2v) is 14.8. The molecule has 2 heterocycles. The van der Waals surface area contributed by atoms with E-state index in [0.29, 0.717) is 0 Å². The smallest absolute Gasteiger partial charge is 0.143 e. The zero-order chi connectivity index (χ0) is 37.7. The molecule has 0 amide bonds. The summed E-state index contributed by atoms with van der Waals surface area (Å²) in [6, 6.07) is 71.1. The first-order valence-electron chi connectivity index (χ1n) is 19.5. The molecular formula is C53H37N3O. The summed E-state index contributed by atoms with van der Waals surface area (Å²) in [6.45, 7) is 0. The molecule has 11 rings (SSSR count). The minimum absolute atomic E-state index is 0.0970. The second-order valence-electron chi connectivity index (χ2n) is 14.8. The maximum Gasteiger partial charge on any atom is 0.143 e. The molecule has 2 unspecified atom stereocenters. The third kappa shape index (κ3) is 5.86. The number of fused-ring (bicyclic) bond motifs is 6. The molecule has 0 aliphatic carbocycles. The number of benzene rings is 9. The average molecular weight is 732 g/mol.